The number of aryl methyl sites for hydroxylation is 1. The lowest BCUT2D eigenvalue weighted by atomic mass is 9.68. The first-order valence-corrected chi connectivity index (χ1v) is 13.8. The topological polar surface area (TPSA) is 23.8 Å². The van der Waals surface area contributed by atoms with E-state index in [1.54, 1.807) is 0 Å². The van der Waals surface area contributed by atoms with E-state index in [0.717, 1.165) is 29.2 Å². The number of nitriles is 1. The molecular weight excluding hydrogens is 374 g/mol. The summed E-state index contributed by atoms with van der Waals surface area (Å²) in [6, 6.07) is 10.5. The van der Waals surface area contributed by atoms with E-state index in [-0.39, 0.29) is 0 Å². The number of rotatable bonds is 12. The van der Waals surface area contributed by atoms with Crippen LogP contribution < -0.4 is 0 Å². The highest BCUT2D eigenvalue weighted by Crippen LogP contribution is 2.43. The summed E-state index contributed by atoms with van der Waals surface area (Å²) in [6.07, 6.45) is 26.2. The number of benzene rings is 1. The zero-order chi connectivity index (χ0) is 21.7. The van der Waals surface area contributed by atoms with E-state index >= 15 is 0 Å². The fourth-order valence-corrected chi connectivity index (χ4v) is 6.40. The van der Waals surface area contributed by atoms with Gasteiger partial charge in [0.25, 0.3) is 0 Å². The summed E-state index contributed by atoms with van der Waals surface area (Å²) in [5.41, 5.74) is 2.18. The zero-order valence-electron chi connectivity index (χ0n) is 20.3. The maximum atomic E-state index is 8.94. The first-order chi connectivity index (χ1) is 15.3. The number of nitrogens with zero attached hydrogens (tertiary/aromatic N) is 1. The molecule has 0 spiro atoms. The van der Waals surface area contributed by atoms with Gasteiger partial charge in [-0.05, 0) is 79.9 Å². The molecule has 172 valence electrons. The van der Waals surface area contributed by atoms with E-state index in [4.69, 9.17) is 5.26 Å². The van der Waals surface area contributed by atoms with Gasteiger partial charge in [0.2, 0.25) is 0 Å². The highest BCUT2D eigenvalue weighted by atomic mass is 14.4. The highest BCUT2D eigenvalue weighted by Gasteiger charge is 2.30. The van der Waals surface area contributed by atoms with Gasteiger partial charge in [0.05, 0.1) is 11.6 Å². The lowest BCUT2D eigenvalue weighted by Crippen LogP contribution is -2.26. The van der Waals surface area contributed by atoms with Gasteiger partial charge in [-0.2, -0.15) is 5.26 Å². The van der Waals surface area contributed by atoms with Crippen LogP contribution >= 0.6 is 0 Å². The fraction of sp³-hybridized carbons (Fsp3) is 0.767. The Bertz CT molecular complexity index is 623. The van der Waals surface area contributed by atoms with E-state index < -0.39 is 0 Å². The summed E-state index contributed by atoms with van der Waals surface area (Å²) in [6.45, 7) is 2.31. The maximum Gasteiger partial charge on any atom is 0.0991 e. The van der Waals surface area contributed by atoms with Gasteiger partial charge in [-0.15, -0.1) is 0 Å². The van der Waals surface area contributed by atoms with Crippen LogP contribution in [0.2, 0.25) is 0 Å². The van der Waals surface area contributed by atoms with Crippen molar-refractivity contribution in [1.82, 2.24) is 0 Å². The lowest BCUT2D eigenvalue weighted by Gasteiger charge is -2.38. The summed E-state index contributed by atoms with van der Waals surface area (Å²) >= 11 is 0. The van der Waals surface area contributed by atoms with E-state index in [2.05, 4.69) is 25.1 Å². The van der Waals surface area contributed by atoms with Crippen molar-refractivity contribution in [2.24, 2.45) is 23.7 Å². The second kappa shape index (κ2) is 14.0. The molecular formula is C30H47N. The van der Waals surface area contributed by atoms with Crippen LogP contribution in [0.15, 0.2) is 24.3 Å². The molecule has 0 aliphatic heterocycles. The first-order valence-electron chi connectivity index (χ1n) is 13.8. The van der Waals surface area contributed by atoms with Gasteiger partial charge < -0.3 is 0 Å². The van der Waals surface area contributed by atoms with Crippen LogP contribution in [0.5, 0.6) is 0 Å². The molecule has 1 aromatic rings. The van der Waals surface area contributed by atoms with Crippen LogP contribution in [-0.2, 0) is 6.42 Å². The molecule has 2 aliphatic rings. The number of hydrogen-bond acceptors (Lipinski definition) is 1. The maximum absolute atomic E-state index is 8.94. The summed E-state index contributed by atoms with van der Waals surface area (Å²) in [5.74, 6) is 4.06. The van der Waals surface area contributed by atoms with Crippen molar-refractivity contribution in [3.63, 3.8) is 0 Å². The third-order valence-electron chi connectivity index (χ3n) is 8.59. The molecule has 0 radical (unpaired) electrons. The summed E-state index contributed by atoms with van der Waals surface area (Å²) in [4.78, 5) is 0. The minimum Gasteiger partial charge on any atom is -0.192 e. The van der Waals surface area contributed by atoms with Gasteiger partial charge in [0.1, 0.15) is 0 Å². The molecule has 2 fully saturated rings. The third-order valence-corrected chi connectivity index (χ3v) is 8.59. The van der Waals surface area contributed by atoms with Crippen molar-refractivity contribution < 1.29 is 0 Å². The Morgan fingerprint density at radius 3 is 1.74 bits per heavy atom. The Labute approximate surface area is 193 Å². The fourth-order valence-electron chi connectivity index (χ4n) is 6.40. The minimum atomic E-state index is 0.779. The Hall–Kier alpha value is -1.29. The molecule has 0 heterocycles. The zero-order valence-corrected chi connectivity index (χ0v) is 20.3. The molecule has 31 heavy (non-hydrogen) atoms. The predicted molar refractivity (Wildman–Crippen MR) is 133 cm³/mol. The molecule has 0 N–H and O–H groups in total. The molecule has 3 rings (SSSR count). The molecule has 2 aliphatic carbocycles. The average molecular weight is 422 g/mol. The SMILES string of the molecule is CCCCCCCCCC1CCC(C2CCC(CCc3ccc(C#N)cc3)CC2)CC1. The van der Waals surface area contributed by atoms with Crippen molar-refractivity contribution in [1.29, 1.82) is 5.26 Å². The normalized spacial score (nSPS) is 26.5. The van der Waals surface area contributed by atoms with Crippen LogP contribution in [0, 0.1) is 35.0 Å². The largest absolute Gasteiger partial charge is 0.192 e. The monoisotopic (exact) mass is 421 g/mol. The van der Waals surface area contributed by atoms with Gasteiger partial charge in [-0.3, -0.25) is 0 Å². The first kappa shape index (κ1) is 24.4. The van der Waals surface area contributed by atoms with Crippen LogP contribution in [-0.4, -0.2) is 0 Å². The van der Waals surface area contributed by atoms with Gasteiger partial charge in [-0.25, -0.2) is 0 Å². The van der Waals surface area contributed by atoms with Crippen LogP contribution in [0.25, 0.3) is 0 Å². The molecule has 0 atom stereocenters. The van der Waals surface area contributed by atoms with Crippen molar-refractivity contribution in [2.75, 3.05) is 0 Å². The van der Waals surface area contributed by atoms with Crippen LogP contribution in [0.3, 0.4) is 0 Å². The lowest BCUT2D eigenvalue weighted by molar-refractivity contribution is 0.140. The molecule has 0 bridgehead atoms. The smallest absolute Gasteiger partial charge is 0.0991 e. The molecule has 1 nitrogen and oxygen atoms in total. The van der Waals surface area contributed by atoms with Crippen LogP contribution in [0.1, 0.15) is 127 Å². The second-order valence-electron chi connectivity index (χ2n) is 10.8. The summed E-state index contributed by atoms with van der Waals surface area (Å²) in [5, 5.41) is 8.94. The predicted octanol–water partition coefficient (Wildman–Crippen LogP) is 9.24. The second-order valence-corrected chi connectivity index (χ2v) is 10.8. The molecule has 1 aromatic carbocycles. The number of hydrogen-bond donors (Lipinski definition) is 0. The van der Waals surface area contributed by atoms with E-state index in [0.29, 0.717) is 0 Å². The van der Waals surface area contributed by atoms with Crippen molar-refractivity contribution in [3.8, 4) is 6.07 Å². The molecule has 2 saturated carbocycles. The van der Waals surface area contributed by atoms with Gasteiger partial charge >= 0.3 is 0 Å². The molecule has 0 amide bonds. The third kappa shape index (κ3) is 8.63. The summed E-state index contributed by atoms with van der Waals surface area (Å²) in [7, 11) is 0. The average Bonchev–Trinajstić information content (AvgIpc) is 2.83. The van der Waals surface area contributed by atoms with Crippen molar-refractivity contribution in [3.05, 3.63) is 35.4 Å². The minimum absolute atomic E-state index is 0.779. The van der Waals surface area contributed by atoms with Crippen molar-refractivity contribution in [2.45, 2.75) is 122 Å². The molecule has 0 unspecified atom stereocenters. The van der Waals surface area contributed by atoms with Gasteiger partial charge in [0, 0.05) is 0 Å². The molecule has 0 aromatic heterocycles. The standard InChI is InChI=1S/C30H47N/c1-2-3-4-5-6-7-8-9-25-16-20-29(21-17-25)30-22-18-27(19-23-30)11-10-26-12-14-28(24-31)15-13-26/h12-15,25,27,29-30H,2-11,16-23H2,1H3. The van der Waals surface area contributed by atoms with Crippen molar-refractivity contribution >= 4 is 0 Å². The van der Waals surface area contributed by atoms with E-state index in [9.17, 15) is 0 Å². The van der Waals surface area contributed by atoms with E-state index in [1.165, 1.54) is 121 Å². The molecule has 1 heteroatoms. The van der Waals surface area contributed by atoms with Crippen LogP contribution in [0.4, 0.5) is 0 Å². The number of unbranched alkanes of at least 4 members (excludes halogenated alkanes) is 6. The summed E-state index contributed by atoms with van der Waals surface area (Å²) < 4.78 is 0. The van der Waals surface area contributed by atoms with Gasteiger partial charge in [-0.1, -0.05) is 96.1 Å². The quantitative estimate of drug-likeness (QED) is 0.308. The van der Waals surface area contributed by atoms with E-state index in [1.807, 2.05) is 12.1 Å². The Kier molecular flexibility index (Phi) is 11.0. The Morgan fingerprint density at radius 2 is 1.19 bits per heavy atom. The Morgan fingerprint density at radius 1 is 0.677 bits per heavy atom. The highest BCUT2D eigenvalue weighted by molar-refractivity contribution is 5.31. The molecule has 0 saturated heterocycles. The Balaban J connectivity index is 1.24. The van der Waals surface area contributed by atoms with Gasteiger partial charge in [0.15, 0.2) is 0 Å².